The number of piperazine rings is 1. The maximum Gasteiger partial charge on any atom is 0.218 e. The van der Waals surface area contributed by atoms with E-state index in [4.69, 9.17) is 0 Å². The van der Waals surface area contributed by atoms with Crippen LogP contribution < -0.4 is 5.32 Å². The van der Waals surface area contributed by atoms with Crippen molar-refractivity contribution >= 4 is 10.0 Å². The first-order valence-corrected chi connectivity index (χ1v) is 7.74. The monoisotopic (exact) mass is 261 g/mol. The van der Waals surface area contributed by atoms with Crippen LogP contribution in [0.3, 0.4) is 0 Å². The molecule has 6 heteroatoms. The van der Waals surface area contributed by atoms with E-state index in [-0.39, 0.29) is 10.8 Å². The number of hydrogen-bond acceptors (Lipinski definition) is 4. The van der Waals surface area contributed by atoms with Gasteiger partial charge in [0, 0.05) is 31.7 Å². The molecule has 0 saturated carbocycles. The van der Waals surface area contributed by atoms with Crippen LogP contribution in [0.5, 0.6) is 0 Å². The molecule has 0 aromatic heterocycles. The fraction of sp³-hybridized carbons (Fsp3) is 1.00. The lowest BCUT2D eigenvalue weighted by Crippen LogP contribution is -2.59. The van der Waals surface area contributed by atoms with Crippen molar-refractivity contribution in [2.45, 2.75) is 31.1 Å². The predicted molar refractivity (Wildman–Crippen MR) is 68.5 cm³/mol. The molecule has 2 fully saturated rings. The summed E-state index contributed by atoms with van der Waals surface area (Å²) in [6, 6.07) is 0. The smallest absolute Gasteiger partial charge is 0.218 e. The minimum absolute atomic E-state index is 0.115. The Morgan fingerprint density at radius 1 is 1.29 bits per heavy atom. The normalized spacial score (nSPS) is 31.8. The molecule has 2 aliphatic rings. The number of nitrogens with zero attached hydrogens (tertiary/aromatic N) is 2. The van der Waals surface area contributed by atoms with Crippen molar-refractivity contribution < 1.29 is 8.42 Å². The van der Waals surface area contributed by atoms with Crippen molar-refractivity contribution in [3.8, 4) is 0 Å². The maximum absolute atomic E-state index is 12.5. The Morgan fingerprint density at radius 3 is 2.53 bits per heavy atom. The lowest BCUT2D eigenvalue weighted by molar-refractivity contribution is 0.232. The van der Waals surface area contributed by atoms with Gasteiger partial charge in [0.25, 0.3) is 0 Å². The average Bonchev–Trinajstić information content (AvgIpc) is 2.64. The topological polar surface area (TPSA) is 52.7 Å². The maximum atomic E-state index is 12.5. The van der Waals surface area contributed by atoms with Gasteiger partial charge in [-0.2, -0.15) is 4.31 Å². The highest BCUT2D eigenvalue weighted by Crippen LogP contribution is 2.22. The Bertz CT molecular complexity index is 380. The third kappa shape index (κ3) is 2.81. The summed E-state index contributed by atoms with van der Waals surface area (Å²) in [5.41, 5.74) is -0.115. The van der Waals surface area contributed by atoms with E-state index in [1.807, 2.05) is 7.05 Å². The molecule has 0 aliphatic carbocycles. The summed E-state index contributed by atoms with van der Waals surface area (Å²) in [4.78, 5) is 2.09. The van der Waals surface area contributed by atoms with Gasteiger partial charge in [-0.3, -0.25) is 0 Å². The Balaban J connectivity index is 2.10. The van der Waals surface area contributed by atoms with E-state index in [9.17, 15) is 8.42 Å². The lowest BCUT2D eigenvalue weighted by Gasteiger charge is -2.39. The van der Waals surface area contributed by atoms with E-state index in [0.29, 0.717) is 19.6 Å². The zero-order valence-electron chi connectivity index (χ0n) is 10.9. The van der Waals surface area contributed by atoms with Gasteiger partial charge in [-0.1, -0.05) is 0 Å². The molecule has 2 rings (SSSR count). The van der Waals surface area contributed by atoms with Crippen molar-refractivity contribution in [2.75, 3.05) is 39.8 Å². The molecule has 2 heterocycles. The van der Waals surface area contributed by atoms with Gasteiger partial charge in [0.2, 0.25) is 10.0 Å². The Labute approximate surface area is 104 Å². The molecule has 0 bridgehead atoms. The predicted octanol–water partition coefficient (Wildman–Crippen LogP) is -0.296. The number of hydrogen-bond donors (Lipinski definition) is 1. The van der Waals surface area contributed by atoms with Gasteiger partial charge in [-0.05, 0) is 33.9 Å². The minimum Gasteiger partial charge on any atom is -0.309 e. The zero-order valence-corrected chi connectivity index (χ0v) is 11.8. The second-order valence-corrected chi connectivity index (χ2v) is 8.08. The number of likely N-dealkylation sites (tertiary alicyclic amines) is 1. The Kier molecular flexibility index (Phi) is 3.51. The molecule has 0 spiro atoms. The van der Waals surface area contributed by atoms with Crippen LogP contribution >= 0.6 is 0 Å². The first-order chi connectivity index (χ1) is 7.81. The van der Waals surface area contributed by atoms with Gasteiger partial charge in [-0.25, -0.2) is 8.42 Å². The van der Waals surface area contributed by atoms with Crippen molar-refractivity contribution in [1.82, 2.24) is 14.5 Å². The van der Waals surface area contributed by atoms with Crippen LogP contribution in [-0.4, -0.2) is 68.2 Å². The second-order valence-electron chi connectivity index (χ2n) is 5.86. The van der Waals surface area contributed by atoms with Gasteiger partial charge in [0.15, 0.2) is 0 Å². The van der Waals surface area contributed by atoms with E-state index >= 15 is 0 Å². The number of rotatable bonds is 2. The fourth-order valence-corrected chi connectivity index (χ4v) is 4.78. The molecule has 1 unspecified atom stereocenters. The SMILES string of the molecule is CN1CCC(S(=O)(=O)N2CCNC(C)(C)C2)C1. The Morgan fingerprint density at radius 2 is 2.00 bits per heavy atom. The highest BCUT2D eigenvalue weighted by atomic mass is 32.2. The molecule has 0 aromatic rings. The van der Waals surface area contributed by atoms with Gasteiger partial charge < -0.3 is 10.2 Å². The van der Waals surface area contributed by atoms with Crippen molar-refractivity contribution in [1.29, 1.82) is 0 Å². The highest BCUT2D eigenvalue weighted by molar-refractivity contribution is 7.89. The standard InChI is InChI=1S/C11H23N3O2S/c1-11(2)9-14(7-5-12-11)17(15,16)10-4-6-13(3)8-10/h10,12H,4-9H2,1-3H3. The summed E-state index contributed by atoms with van der Waals surface area (Å²) < 4.78 is 26.7. The molecule has 0 amide bonds. The van der Waals surface area contributed by atoms with Crippen LogP contribution in [0.1, 0.15) is 20.3 Å². The van der Waals surface area contributed by atoms with Gasteiger partial charge >= 0.3 is 0 Å². The largest absolute Gasteiger partial charge is 0.309 e. The van der Waals surface area contributed by atoms with Crippen molar-refractivity contribution in [3.63, 3.8) is 0 Å². The van der Waals surface area contributed by atoms with Crippen LogP contribution in [0, 0.1) is 0 Å². The first-order valence-electron chi connectivity index (χ1n) is 6.24. The number of nitrogens with one attached hydrogen (secondary N) is 1. The molecule has 0 radical (unpaired) electrons. The third-order valence-corrected chi connectivity index (χ3v) is 5.92. The van der Waals surface area contributed by atoms with E-state index < -0.39 is 10.0 Å². The summed E-state index contributed by atoms with van der Waals surface area (Å²) >= 11 is 0. The minimum atomic E-state index is -3.11. The highest BCUT2D eigenvalue weighted by Gasteiger charge is 2.39. The number of sulfonamides is 1. The summed E-state index contributed by atoms with van der Waals surface area (Å²) in [5.74, 6) is 0. The summed E-state index contributed by atoms with van der Waals surface area (Å²) in [7, 11) is -1.13. The first kappa shape index (κ1) is 13.3. The van der Waals surface area contributed by atoms with E-state index in [1.54, 1.807) is 4.31 Å². The molecule has 2 aliphatic heterocycles. The molecular weight excluding hydrogens is 238 g/mol. The summed E-state index contributed by atoms with van der Waals surface area (Å²) in [6.07, 6.45) is 0.767. The molecule has 17 heavy (non-hydrogen) atoms. The molecular formula is C11H23N3O2S. The summed E-state index contributed by atoms with van der Waals surface area (Å²) in [5, 5.41) is 3.14. The van der Waals surface area contributed by atoms with Crippen LogP contribution in [-0.2, 0) is 10.0 Å². The Hall–Kier alpha value is -0.170. The molecule has 0 aromatic carbocycles. The second kappa shape index (κ2) is 4.50. The lowest BCUT2D eigenvalue weighted by atomic mass is 10.0. The average molecular weight is 261 g/mol. The van der Waals surface area contributed by atoms with Gasteiger partial charge in [0.05, 0.1) is 5.25 Å². The van der Waals surface area contributed by atoms with Gasteiger partial charge in [0.1, 0.15) is 0 Å². The van der Waals surface area contributed by atoms with Crippen LogP contribution in [0.25, 0.3) is 0 Å². The zero-order chi connectivity index (χ0) is 12.7. The van der Waals surface area contributed by atoms with Crippen molar-refractivity contribution in [3.05, 3.63) is 0 Å². The van der Waals surface area contributed by atoms with E-state index in [1.165, 1.54) is 0 Å². The molecule has 1 N–H and O–H groups in total. The van der Waals surface area contributed by atoms with Crippen LogP contribution in [0.4, 0.5) is 0 Å². The fourth-order valence-electron chi connectivity index (χ4n) is 2.66. The third-order valence-electron chi connectivity index (χ3n) is 3.67. The van der Waals surface area contributed by atoms with Gasteiger partial charge in [-0.15, -0.1) is 0 Å². The molecule has 100 valence electrons. The summed E-state index contributed by atoms with van der Waals surface area (Å²) in [6.45, 7) is 7.59. The molecule has 1 atom stereocenters. The van der Waals surface area contributed by atoms with Crippen LogP contribution in [0.15, 0.2) is 0 Å². The van der Waals surface area contributed by atoms with Crippen molar-refractivity contribution in [2.24, 2.45) is 0 Å². The molecule has 2 saturated heterocycles. The van der Waals surface area contributed by atoms with Crippen LogP contribution in [0.2, 0.25) is 0 Å². The van der Waals surface area contributed by atoms with E-state index in [0.717, 1.165) is 19.5 Å². The molecule has 5 nitrogen and oxygen atoms in total. The quantitative estimate of drug-likeness (QED) is 0.742. The van der Waals surface area contributed by atoms with E-state index in [2.05, 4.69) is 24.1 Å².